The molecule has 1 fully saturated rings. The highest BCUT2D eigenvalue weighted by atomic mass is 35.5. The van der Waals surface area contributed by atoms with Crippen LogP contribution in [0.15, 0.2) is 59.7 Å². The van der Waals surface area contributed by atoms with Gasteiger partial charge in [-0.05, 0) is 36.4 Å². The number of halogens is 2. The summed E-state index contributed by atoms with van der Waals surface area (Å²) in [4.78, 5) is 33.1. The van der Waals surface area contributed by atoms with Crippen LogP contribution in [0.3, 0.4) is 0 Å². The number of piperazine rings is 1. The highest BCUT2D eigenvalue weighted by Gasteiger charge is 2.25. The number of nitrogens with zero attached hydrogens (tertiary/aromatic N) is 5. The van der Waals surface area contributed by atoms with Crippen LogP contribution in [0.2, 0.25) is 10.0 Å². The molecule has 1 amide bonds. The van der Waals surface area contributed by atoms with Crippen molar-refractivity contribution >= 4 is 34.8 Å². The lowest BCUT2D eigenvalue weighted by molar-refractivity contribution is 0.0741. The molecule has 0 unspecified atom stereocenters. The Bertz CT molecular complexity index is 1080. The number of carbonyl (C=O) groups is 1. The van der Waals surface area contributed by atoms with Crippen LogP contribution in [-0.4, -0.2) is 51.8 Å². The predicted octanol–water partition coefficient (Wildman–Crippen LogP) is 2.90. The van der Waals surface area contributed by atoms with Gasteiger partial charge in [-0.3, -0.25) is 14.6 Å². The minimum atomic E-state index is -0.404. The van der Waals surface area contributed by atoms with Crippen LogP contribution in [0.25, 0.3) is 5.69 Å². The van der Waals surface area contributed by atoms with Gasteiger partial charge in [-0.25, -0.2) is 0 Å². The Morgan fingerprint density at radius 1 is 0.966 bits per heavy atom. The second-order valence-corrected chi connectivity index (χ2v) is 7.35. The van der Waals surface area contributed by atoms with Crippen LogP contribution < -0.4 is 10.5 Å². The van der Waals surface area contributed by atoms with Gasteiger partial charge >= 0.3 is 0 Å². The smallest absolute Gasteiger partial charge is 0.292 e. The zero-order valence-electron chi connectivity index (χ0n) is 15.3. The van der Waals surface area contributed by atoms with Crippen molar-refractivity contribution in [3.05, 3.63) is 81.0 Å². The van der Waals surface area contributed by atoms with Crippen molar-refractivity contribution in [1.82, 2.24) is 19.7 Å². The van der Waals surface area contributed by atoms with E-state index in [0.29, 0.717) is 48.3 Å². The third-order valence-corrected chi connectivity index (χ3v) is 5.37. The molecule has 0 aliphatic carbocycles. The fraction of sp³-hybridized carbons (Fsp3) is 0.200. The van der Waals surface area contributed by atoms with Gasteiger partial charge in [-0.1, -0.05) is 29.3 Å². The van der Waals surface area contributed by atoms with Crippen molar-refractivity contribution in [2.45, 2.75) is 0 Å². The van der Waals surface area contributed by atoms with E-state index in [1.54, 1.807) is 59.8 Å². The number of rotatable bonds is 3. The maximum Gasteiger partial charge on any atom is 0.292 e. The van der Waals surface area contributed by atoms with E-state index < -0.39 is 5.56 Å². The molecule has 1 aliphatic rings. The SMILES string of the molecule is O=C(c1ccccn1)N1CCN(c2cnn(-c3ccc(Cl)cc3)c(=O)c2Cl)CC1. The summed E-state index contributed by atoms with van der Waals surface area (Å²) >= 11 is 12.3. The van der Waals surface area contributed by atoms with Gasteiger partial charge in [-0.2, -0.15) is 9.78 Å². The zero-order valence-corrected chi connectivity index (χ0v) is 16.8. The van der Waals surface area contributed by atoms with Crippen molar-refractivity contribution in [1.29, 1.82) is 0 Å². The van der Waals surface area contributed by atoms with Gasteiger partial charge in [0.1, 0.15) is 10.7 Å². The maximum atomic E-state index is 12.7. The van der Waals surface area contributed by atoms with Gasteiger partial charge in [0, 0.05) is 37.4 Å². The summed E-state index contributed by atoms with van der Waals surface area (Å²) in [5, 5.41) is 4.93. The molecule has 9 heteroatoms. The van der Waals surface area contributed by atoms with E-state index in [4.69, 9.17) is 23.2 Å². The number of pyridine rings is 1. The van der Waals surface area contributed by atoms with Gasteiger partial charge in [0.05, 0.1) is 17.6 Å². The number of benzene rings is 1. The van der Waals surface area contributed by atoms with Crippen LogP contribution >= 0.6 is 23.2 Å². The molecule has 0 atom stereocenters. The first-order valence-corrected chi connectivity index (χ1v) is 9.79. The van der Waals surface area contributed by atoms with E-state index in [1.807, 2.05) is 4.90 Å². The highest BCUT2D eigenvalue weighted by Crippen LogP contribution is 2.23. The van der Waals surface area contributed by atoms with Crippen molar-refractivity contribution in [2.24, 2.45) is 0 Å². The van der Waals surface area contributed by atoms with E-state index in [9.17, 15) is 9.59 Å². The highest BCUT2D eigenvalue weighted by molar-refractivity contribution is 6.33. The second kappa shape index (κ2) is 8.23. The third kappa shape index (κ3) is 3.97. The number of hydrogen-bond donors (Lipinski definition) is 0. The summed E-state index contributed by atoms with van der Waals surface area (Å²) in [6.07, 6.45) is 3.18. The van der Waals surface area contributed by atoms with E-state index in [1.165, 1.54) is 4.68 Å². The van der Waals surface area contributed by atoms with Crippen molar-refractivity contribution in [3.63, 3.8) is 0 Å². The monoisotopic (exact) mass is 429 g/mol. The predicted molar refractivity (Wildman–Crippen MR) is 112 cm³/mol. The molecule has 0 bridgehead atoms. The standard InChI is InChI=1S/C20H17Cl2N5O2/c21-14-4-6-15(7-5-14)27-20(29)18(22)17(13-24-27)25-9-11-26(12-10-25)19(28)16-3-1-2-8-23-16/h1-8,13H,9-12H2. The number of amides is 1. The Kier molecular flexibility index (Phi) is 5.51. The molecular formula is C20H17Cl2N5O2. The molecule has 0 radical (unpaired) electrons. The van der Waals surface area contributed by atoms with Crippen molar-refractivity contribution in [2.75, 3.05) is 31.1 Å². The lowest BCUT2D eigenvalue weighted by atomic mass is 10.2. The maximum absolute atomic E-state index is 12.7. The number of aromatic nitrogens is 3. The molecule has 29 heavy (non-hydrogen) atoms. The molecule has 4 rings (SSSR count). The number of anilines is 1. The molecule has 0 saturated carbocycles. The molecule has 0 spiro atoms. The average molecular weight is 430 g/mol. The zero-order chi connectivity index (χ0) is 20.4. The van der Waals surface area contributed by atoms with Gasteiger partial charge in [-0.15, -0.1) is 0 Å². The van der Waals surface area contributed by atoms with E-state index in [2.05, 4.69) is 10.1 Å². The fourth-order valence-electron chi connectivity index (χ4n) is 3.21. The summed E-state index contributed by atoms with van der Waals surface area (Å²) in [6.45, 7) is 2.10. The Morgan fingerprint density at radius 2 is 1.69 bits per heavy atom. The number of carbonyl (C=O) groups excluding carboxylic acids is 1. The van der Waals surface area contributed by atoms with E-state index in [-0.39, 0.29) is 10.9 Å². The first kappa shape index (κ1) is 19.4. The molecule has 1 aromatic carbocycles. The molecule has 1 saturated heterocycles. The van der Waals surface area contributed by atoms with Crippen LogP contribution in [0.4, 0.5) is 5.69 Å². The minimum absolute atomic E-state index is 0.0967. The van der Waals surface area contributed by atoms with Gasteiger partial charge in [0.25, 0.3) is 11.5 Å². The lowest BCUT2D eigenvalue weighted by Crippen LogP contribution is -2.49. The Morgan fingerprint density at radius 3 is 2.34 bits per heavy atom. The Labute approximate surface area is 177 Å². The quantitative estimate of drug-likeness (QED) is 0.639. The Hall–Kier alpha value is -2.90. The second-order valence-electron chi connectivity index (χ2n) is 6.53. The third-order valence-electron chi connectivity index (χ3n) is 4.76. The van der Waals surface area contributed by atoms with Gasteiger partial charge < -0.3 is 9.80 Å². The van der Waals surface area contributed by atoms with Crippen LogP contribution in [-0.2, 0) is 0 Å². The van der Waals surface area contributed by atoms with Crippen molar-refractivity contribution in [3.8, 4) is 5.69 Å². The lowest BCUT2D eigenvalue weighted by Gasteiger charge is -2.36. The fourth-order valence-corrected chi connectivity index (χ4v) is 3.59. The van der Waals surface area contributed by atoms with Gasteiger partial charge in [0.2, 0.25) is 0 Å². The first-order chi connectivity index (χ1) is 14.0. The molecular weight excluding hydrogens is 413 g/mol. The normalized spacial score (nSPS) is 14.1. The molecule has 3 aromatic rings. The van der Waals surface area contributed by atoms with E-state index >= 15 is 0 Å². The minimum Gasteiger partial charge on any atom is -0.365 e. The van der Waals surface area contributed by atoms with Gasteiger partial charge in [0.15, 0.2) is 0 Å². The van der Waals surface area contributed by atoms with Crippen LogP contribution in [0, 0.1) is 0 Å². The van der Waals surface area contributed by atoms with Crippen LogP contribution in [0.5, 0.6) is 0 Å². The molecule has 3 heterocycles. The summed E-state index contributed by atoms with van der Waals surface area (Å²) in [7, 11) is 0. The first-order valence-electron chi connectivity index (χ1n) is 9.03. The summed E-state index contributed by atoms with van der Waals surface area (Å²) in [6, 6.07) is 12.0. The summed E-state index contributed by atoms with van der Waals surface area (Å²) in [5.74, 6) is -0.104. The molecule has 0 N–H and O–H groups in total. The van der Waals surface area contributed by atoms with E-state index in [0.717, 1.165) is 0 Å². The molecule has 2 aromatic heterocycles. The summed E-state index contributed by atoms with van der Waals surface area (Å²) in [5.41, 5.74) is 1.16. The topological polar surface area (TPSA) is 71.3 Å². The molecule has 1 aliphatic heterocycles. The molecule has 7 nitrogen and oxygen atoms in total. The van der Waals surface area contributed by atoms with Crippen LogP contribution in [0.1, 0.15) is 10.5 Å². The largest absolute Gasteiger partial charge is 0.365 e. The number of hydrogen-bond acceptors (Lipinski definition) is 5. The summed E-state index contributed by atoms with van der Waals surface area (Å²) < 4.78 is 1.24. The molecule has 148 valence electrons. The average Bonchev–Trinajstić information content (AvgIpc) is 2.77. The Balaban J connectivity index is 1.50. The van der Waals surface area contributed by atoms with Crippen molar-refractivity contribution < 1.29 is 4.79 Å².